The van der Waals surface area contributed by atoms with E-state index in [2.05, 4.69) is 0 Å². The van der Waals surface area contributed by atoms with Gasteiger partial charge in [0, 0.05) is 6.26 Å². The molecule has 0 atom stereocenters. The Morgan fingerprint density at radius 2 is 1.88 bits per heavy atom. The maximum Gasteiger partial charge on any atom is 0.181 e. The monoisotopic (exact) mass is 244 g/mol. The summed E-state index contributed by atoms with van der Waals surface area (Å²) < 4.78 is 35.4. The highest BCUT2D eigenvalue weighted by atomic mass is 32.2. The molecule has 1 aromatic carbocycles. The number of Topliss-reactive ketones (excluding diaryl/α,β-unsaturated/α-hetero) is 1. The molecular weight excluding hydrogens is 231 g/mol. The lowest BCUT2D eigenvalue weighted by Crippen LogP contribution is -2.17. The molecule has 0 bridgehead atoms. The maximum absolute atomic E-state index is 13.5. The van der Waals surface area contributed by atoms with E-state index in [0.29, 0.717) is 11.1 Å². The van der Waals surface area contributed by atoms with E-state index in [4.69, 9.17) is 0 Å². The van der Waals surface area contributed by atoms with Gasteiger partial charge in [-0.15, -0.1) is 0 Å². The largest absolute Gasteiger partial charge is 0.293 e. The number of benzene rings is 1. The fourth-order valence-corrected chi connectivity index (χ4v) is 2.20. The van der Waals surface area contributed by atoms with Crippen LogP contribution in [0.2, 0.25) is 0 Å². The molecule has 5 heteroatoms. The van der Waals surface area contributed by atoms with Crippen LogP contribution in [0.15, 0.2) is 12.1 Å². The van der Waals surface area contributed by atoms with Crippen molar-refractivity contribution < 1.29 is 17.6 Å². The number of hydrogen-bond donors (Lipinski definition) is 0. The second kappa shape index (κ2) is 4.33. The summed E-state index contributed by atoms with van der Waals surface area (Å²) in [5, 5.41) is 0. The van der Waals surface area contributed by atoms with Crippen LogP contribution in [0.25, 0.3) is 0 Å². The molecule has 0 aliphatic carbocycles. The minimum Gasteiger partial charge on any atom is -0.293 e. The first-order valence-corrected chi connectivity index (χ1v) is 6.74. The maximum atomic E-state index is 13.5. The smallest absolute Gasteiger partial charge is 0.181 e. The zero-order chi connectivity index (χ0) is 12.5. The summed E-state index contributed by atoms with van der Waals surface area (Å²) in [6.45, 7) is 3.30. The predicted molar refractivity (Wildman–Crippen MR) is 59.9 cm³/mol. The number of rotatable bonds is 3. The normalized spacial score (nSPS) is 11.5. The number of carbonyl (C=O) groups is 1. The van der Waals surface area contributed by atoms with E-state index in [1.807, 2.05) is 0 Å². The van der Waals surface area contributed by atoms with Gasteiger partial charge in [0.2, 0.25) is 0 Å². The SMILES string of the molecule is Cc1cc(C)c(C(=O)CS(C)(=O)=O)c(F)c1. The fraction of sp³-hybridized carbons (Fsp3) is 0.364. The van der Waals surface area contributed by atoms with Crippen LogP contribution < -0.4 is 0 Å². The number of ketones is 1. The molecule has 0 saturated heterocycles. The third-order valence-corrected chi connectivity index (χ3v) is 2.89. The van der Waals surface area contributed by atoms with Crippen LogP contribution in [0.5, 0.6) is 0 Å². The third kappa shape index (κ3) is 3.13. The van der Waals surface area contributed by atoms with Gasteiger partial charge in [-0.05, 0) is 31.0 Å². The highest BCUT2D eigenvalue weighted by Gasteiger charge is 2.19. The first-order chi connectivity index (χ1) is 7.20. The molecule has 0 amide bonds. The molecule has 0 aliphatic heterocycles. The summed E-state index contributed by atoms with van der Waals surface area (Å²) >= 11 is 0. The minimum atomic E-state index is -3.43. The Labute approximate surface area is 94.2 Å². The first-order valence-electron chi connectivity index (χ1n) is 4.68. The summed E-state index contributed by atoms with van der Waals surface area (Å²) in [6.07, 6.45) is 0.951. The number of carbonyl (C=O) groups excluding carboxylic acids is 1. The van der Waals surface area contributed by atoms with Crippen molar-refractivity contribution in [1.29, 1.82) is 0 Å². The lowest BCUT2D eigenvalue weighted by Gasteiger charge is -2.07. The number of hydrogen-bond acceptors (Lipinski definition) is 3. The van der Waals surface area contributed by atoms with Crippen LogP contribution in [0, 0.1) is 19.7 Å². The van der Waals surface area contributed by atoms with E-state index >= 15 is 0 Å². The average Bonchev–Trinajstić information content (AvgIpc) is 1.96. The molecule has 16 heavy (non-hydrogen) atoms. The Kier molecular flexibility index (Phi) is 3.48. The molecule has 0 saturated carbocycles. The molecule has 0 unspecified atom stereocenters. The molecule has 0 fully saturated rings. The second-order valence-electron chi connectivity index (χ2n) is 3.93. The zero-order valence-corrected chi connectivity index (χ0v) is 10.2. The van der Waals surface area contributed by atoms with Gasteiger partial charge in [0.25, 0.3) is 0 Å². The third-order valence-electron chi connectivity index (χ3n) is 2.10. The van der Waals surface area contributed by atoms with Gasteiger partial charge in [-0.25, -0.2) is 12.8 Å². The van der Waals surface area contributed by atoms with E-state index in [1.54, 1.807) is 19.9 Å². The van der Waals surface area contributed by atoms with Crippen molar-refractivity contribution in [1.82, 2.24) is 0 Å². The zero-order valence-electron chi connectivity index (χ0n) is 9.37. The summed E-state index contributed by atoms with van der Waals surface area (Å²) in [5.41, 5.74) is 1.04. The molecule has 0 heterocycles. The van der Waals surface area contributed by atoms with E-state index in [0.717, 1.165) is 6.26 Å². The van der Waals surface area contributed by atoms with Crippen LogP contribution in [0.1, 0.15) is 21.5 Å². The standard InChI is InChI=1S/C11H13FO3S/c1-7-4-8(2)11(9(12)5-7)10(13)6-16(3,14)15/h4-5H,6H2,1-3H3. The van der Waals surface area contributed by atoms with E-state index in [1.165, 1.54) is 6.07 Å². The van der Waals surface area contributed by atoms with Crippen molar-refractivity contribution in [3.8, 4) is 0 Å². The number of sulfone groups is 1. The fourth-order valence-electron chi connectivity index (χ4n) is 1.58. The Morgan fingerprint density at radius 1 is 1.31 bits per heavy atom. The van der Waals surface area contributed by atoms with Gasteiger partial charge in [-0.1, -0.05) is 6.07 Å². The van der Waals surface area contributed by atoms with Gasteiger partial charge in [-0.3, -0.25) is 4.79 Å². The van der Waals surface area contributed by atoms with Gasteiger partial charge < -0.3 is 0 Å². The van der Waals surface area contributed by atoms with Crippen LogP contribution in [0.3, 0.4) is 0 Å². The summed E-state index contributed by atoms with van der Waals surface area (Å²) in [4.78, 5) is 11.6. The van der Waals surface area contributed by atoms with Crippen molar-refractivity contribution in [2.45, 2.75) is 13.8 Å². The van der Waals surface area contributed by atoms with Crippen molar-refractivity contribution in [2.24, 2.45) is 0 Å². The molecule has 0 radical (unpaired) electrons. The van der Waals surface area contributed by atoms with Crippen LogP contribution in [-0.2, 0) is 9.84 Å². The summed E-state index contributed by atoms with van der Waals surface area (Å²) in [5.74, 6) is -2.02. The van der Waals surface area contributed by atoms with Gasteiger partial charge in [0.05, 0.1) is 5.56 Å². The van der Waals surface area contributed by atoms with Crippen LogP contribution in [0.4, 0.5) is 4.39 Å². The van der Waals surface area contributed by atoms with Gasteiger partial charge >= 0.3 is 0 Å². The number of halogens is 1. The average molecular weight is 244 g/mol. The molecule has 0 N–H and O–H groups in total. The van der Waals surface area contributed by atoms with Crippen molar-refractivity contribution in [3.05, 3.63) is 34.6 Å². The quantitative estimate of drug-likeness (QED) is 0.760. The molecule has 0 aromatic heterocycles. The molecule has 1 aromatic rings. The summed E-state index contributed by atoms with van der Waals surface area (Å²) in [6, 6.07) is 2.88. The molecule has 0 aliphatic rings. The molecule has 88 valence electrons. The second-order valence-corrected chi connectivity index (χ2v) is 6.07. The molecule has 1 rings (SSSR count). The first kappa shape index (κ1) is 12.8. The Balaban J connectivity index is 3.19. The topological polar surface area (TPSA) is 51.2 Å². The highest BCUT2D eigenvalue weighted by molar-refractivity contribution is 7.91. The summed E-state index contributed by atoms with van der Waals surface area (Å²) in [7, 11) is -3.43. The Hall–Kier alpha value is -1.23. The van der Waals surface area contributed by atoms with Crippen molar-refractivity contribution in [3.63, 3.8) is 0 Å². The van der Waals surface area contributed by atoms with Crippen LogP contribution in [-0.4, -0.2) is 26.2 Å². The minimum absolute atomic E-state index is 0.129. The molecular formula is C11H13FO3S. The van der Waals surface area contributed by atoms with Crippen molar-refractivity contribution >= 4 is 15.6 Å². The van der Waals surface area contributed by atoms with Crippen molar-refractivity contribution in [2.75, 3.05) is 12.0 Å². The molecule has 0 spiro atoms. The van der Waals surface area contributed by atoms with Crippen LogP contribution >= 0.6 is 0 Å². The van der Waals surface area contributed by atoms with Gasteiger partial charge in [-0.2, -0.15) is 0 Å². The molecule has 3 nitrogen and oxygen atoms in total. The van der Waals surface area contributed by atoms with E-state index in [9.17, 15) is 17.6 Å². The van der Waals surface area contributed by atoms with Gasteiger partial charge in [0.15, 0.2) is 15.6 Å². The highest BCUT2D eigenvalue weighted by Crippen LogP contribution is 2.16. The lowest BCUT2D eigenvalue weighted by molar-refractivity contribution is 0.101. The Morgan fingerprint density at radius 3 is 2.31 bits per heavy atom. The lowest BCUT2D eigenvalue weighted by atomic mass is 10.0. The van der Waals surface area contributed by atoms with E-state index < -0.39 is 27.2 Å². The van der Waals surface area contributed by atoms with Gasteiger partial charge in [0.1, 0.15) is 11.6 Å². The Bertz CT molecular complexity index is 509. The predicted octanol–water partition coefficient (Wildman–Crippen LogP) is 1.67. The number of aryl methyl sites for hydroxylation is 2. The van der Waals surface area contributed by atoms with E-state index in [-0.39, 0.29) is 5.56 Å².